The normalized spacial score (nSPS) is 12.6. The lowest BCUT2D eigenvalue weighted by atomic mass is 10.1. The minimum atomic E-state index is -0.786. The highest BCUT2D eigenvalue weighted by Gasteiger charge is 2.19. The van der Waals surface area contributed by atoms with Crippen LogP contribution in [0.3, 0.4) is 0 Å². The molecule has 0 N–H and O–H groups in total. The van der Waals surface area contributed by atoms with Gasteiger partial charge in [-0.1, -0.05) is 235 Å². The molecule has 69 heavy (non-hydrogen) atoms. The van der Waals surface area contributed by atoms with Crippen molar-refractivity contribution in [2.24, 2.45) is 0 Å². The Bertz CT molecular complexity index is 1290. The molecule has 0 amide bonds. The van der Waals surface area contributed by atoms with Crippen LogP contribution in [0.25, 0.3) is 0 Å². The number of hydrogen-bond donors (Lipinski definition) is 0. The minimum absolute atomic E-state index is 0.0836. The fourth-order valence-corrected chi connectivity index (χ4v) is 8.25. The monoisotopic (exact) mass is 963 g/mol. The number of hydrogen-bond acceptors (Lipinski definition) is 6. The molecule has 0 saturated heterocycles. The smallest absolute Gasteiger partial charge is 0.306 e. The van der Waals surface area contributed by atoms with E-state index in [1.165, 1.54) is 154 Å². The summed E-state index contributed by atoms with van der Waals surface area (Å²) in [5.41, 5.74) is 0. The highest BCUT2D eigenvalue weighted by Crippen LogP contribution is 2.15. The number of esters is 3. The Morgan fingerprint density at radius 3 is 0.928 bits per heavy atom. The van der Waals surface area contributed by atoms with Crippen LogP contribution in [0.1, 0.15) is 290 Å². The van der Waals surface area contributed by atoms with Crippen molar-refractivity contribution in [3.05, 3.63) is 72.9 Å². The van der Waals surface area contributed by atoms with E-state index in [0.717, 1.165) is 96.3 Å². The zero-order valence-corrected chi connectivity index (χ0v) is 45.6. The van der Waals surface area contributed by atoms with E-state index < -0.39 is 6.10 Å². The van der Waals surface area contributed by atoms with E-state index >= 15 is 0 Å². The molecule has 0 aliphatic heterocycles. The van der Waals surface area contributed by atoms with Gasteiger partial charge in [-0.15, -0.1) is 0 Å². The van der Waals surface area contributed by atoms with E-state index in [1.54, 1.807) is 0 Å². The van der Waals surface area contributed by atoms with Crippen LogP contribution in [0.4, 0.5) is 0 Å². The first-order valence-electron chi connectivity index (χ1n) is 29.4. The molecule has 0 rings (SSSR count). The maximum Gasteiger partial charge on any atom is 0.306 e. The number of rotatable bonds is 53. The lowest BCUT2D eigenvalue weighted by Gasteiger charge is -2.18. The summed E-state index contributed by atoms with van der Waals surface area (Å²) in [5, 5.41) is 0. The fraction of sp³-hybridized carbons (Fsp3) is 0.762. The average molecular weight is 964 g/mol. The molecule has 0 heterocycles. The van der Waals surface area contributed by atoms with Gasteiger partial charge in [-0.3, -0.25) is 14.4 Å². The molecule has 0 aromatic carbocycles. The topological polar surface area (TPSA) is 78.9 Å². The second-order valence-electron chi connectivity index (χ2n) is 19.5. The Morgan fingerprint density at radius 1 is 0.304 bits per heavy atom. The zero-order valence-electron chi connectivity index (χ0n) is 45.6. The summed E-state index contributed by atoms with van der Waals surface area (Å²) in [6.45, 7) is 6.50. The van der Waals surface area contributed by atoms with Crippen LogP contribution in [-0.4, -0.2) is 37.2 Å². The predicted molar refractivity (Wildman–Crippen MR) is 298 cm³/mol. The van der Waals surface area contributed by atoms with Gasteiger partial charge in [-0.05, 0) is 109 Å². The van der Waals surface area contributed by atoms with Crippen molar-refractivity contribution in [2.75, 3.05) is 13.2 Å². The highest BCUT2D eigenvalue weighted by atomic mass is 16.6. The van der Waals surface area contributed by atoms with Gasteiger partial charge in [0.05, 0.1) is 0 Å². The molecule has 0 bridgehead atoms. The van der Waals surface area contributed by atoms with Gasteiger partial charge in [-0.25, -0.2) is 0 Å². The third-order valence-corrected chi connectivity index (χ3v) is 12.7. The predicted octanol–water partition coefficient (Wildman–Crippen LogP) is 19.8. The van der Waals surface area contributed by atoms with Crippen molar-refractivity contribution in [1.82, 2.24) is 0 Å². The van der Waals surface area contributed by atoms with Gasteiger partial charge < -0.3 is 14.2 Å². The van der Waals surface area contributed by atoms with E-state index in [1.807, 2.05) is 0 Å². The van der Waals surface area contributed by atoms with Gasteiger partial charge in [-0.2, -0.15) is 0 Å². The molecule has 0 spiro atoms. The standard InChI is InChI=1S/C63H110O6/c1-4-7-10-13-16-19-22-25-28-30-31-33-35-38-41-44-47-50-53-56-62(65)68-59-60(58-67-61(64)55-52-49-46-43-40-37-34-27-24-21-18-15-12-9-6-3)69-63(66)57-54-51-48-45-42-39-36-32-29-26-23-20-17-14-11-8-5-2/h8,11,16-17,19-20,25-29,34,60H,4-7,9-10,12-15,18,21-24,30-33,35-59H2,1-3H3/b11-8-,19-16-,20-17-,28-25-,29-26-,34-27-. The molecule has 0 saturated carbocycles. The van der Waals surface area contributed by atoms with E-state index in [9.17, 15) is 14.4 Å². The lowest BCUT2D eigenvalue weighted by molar-refractivity contribution is -0.167. The number of allylic oxidation sites excluding steroid dienone is 12. The average Bonchev–Trinajstić information content (AvgIpc) is 3.35. The van der Waals surface area contributed by atoms with Crippen LogP contribution < -0.4 is 0 Å². The highest BCUT2D eigenvalue weighted by molar-refractivity contribution is 5.71. The molecule has 0 aromatic rings. The van der Waals surface area contributed by atoms with Gasteiger partial charge in [0.25, 0.3) is 0 Å². The quantitative estimate of drug-likeness (QED) is 0.0262. The van der Waals surface area contributed by atoms with E-state index in [0.29, 0.717) is 19.3 Å². The largest absolute Gasteiger partial charge is 0.462 e. The van der Waals surface area contributed by atoms with Crippen LogP contribution in [0, 0.1) is 0 Å². The molecule has 398 valence electrons. The zero-order chi connectivity index (χ0) is 50.0. The van der Waals surface area contributed by atoms with Crippen molar-refractivity contribution in [3.63, 3.8) is 0 Å². The minimum Gasteiger partial charge on any atom is -0.462 e. The van der Waals surface area contributed by atoms with Crippen molar-refractivity contribution >= 4 is 17.9 Å². The van der Waals surface area contributed by atoms with Gasteiger partial charge in [0, 0.05) is 19.3 Å². The van der Waals surface area contributed by atoms with Gasteiger partial charge in [0.1, 0.15) is 13.2 Å². The van der Waals surface area contributed by atoms with Crippen LogP contribution in [0.15, 0.2) is 72.9 Å². The summed E-state index contributed by atoms with van der Waals surface area (Å²) in [7, 11) is 0. The van der Waals surface area contributed by atoms with Crippen molar-refractivity contribution in [1.29, 1.82) is 0 Å². The van der Waals surface area contributed by atoms with E-state index in [-0.39, 0.29) is 31.1 Å². The van der Waals surface area contributed by atoms with Crippen molar-refractivity contribution in [2.45, 2.75) is 297 Å². The Kier molecular flexibility index (Phi) is 54.8. The maximum absolute atomic E-state index is 12.9. The number of unbranched alkanes of at least 4 members (excludes halogenated alkanes) is 30. The molecule has 0 aromatic heterocycles. The first kappa shape index (κ1) is 65.8. The molecule has 0 fully saturated rings. The molecule has 1 atom stereocenters. The number of ether oxygens (including phenoxy) is 3. The first-order chi connectivity index (χ1) is 34.0. The second kappa shape index (κ2) is 57.4. The third kappa shape index (κ3) is 55.6. The van der Waals surface area contributed by atoms with Crippen LogP contribution >= 0.6 is 0 Å². The fourth-order valence-electron chi connectivity index (χ4n) is 8.25. The summed E-state index contributed by atoms with van der Waals surface area (Å²) in [6, 6.07) is 0. The SMILES string of the molecule is CC/C=C\C/C=C\C/C=C\CCCCCCCCCC(=O)OC(COC(=O)CCCCCCC/C=C\CCCCCCCC)COC(=O)CCCCCCCCCCC/C=C\C/C=C\CCCCC. The molecular formula is C63H110O6. The Morgan fingerprint density at radius 2 is 0.565 bits per heavy atom. The molecule has 1 unspecified atom stereocenters. The van der Waals surface area contributed by atoms with Crippen LogP contribution in [0.5, 0.6) is 0 Å². The van der Waals surface area contributed by atoms with Crippen molar-refractivity contribution < 1.29 is 28.6 Å². The van der Waals surface area contributed by atoms with Crippen LogP contribution in [0.2, 0.25) is 0 Å². The summed E-state index contributed by atoms with van der Waals surface area (Å²) < 4.78 is 16.9. The molecule has 6 nitrogen and oxygen atoms in total. The van der Waals surface area contributed by atoms with Gasteiger partial charge in [0.2, 0.25) is 0 Å². The third-order valence-electron chi connectivity index (χ3n) is 12.7. The van der Waals surface area contributed by atoms with Gasteiger partial charge >= 0.3 is 17.9 Å². The summed E-state index contributed by atoms with van der Waals surface area (Å²) in [4.78, 5) is 38.2. The summed E-state index contributed by atoms with van der Waals surface area (Å²) in [5.74, 6) is -0.896. The lowest BCUT2D eigenvalue weighted by Crippen LogP contribution is -2.30. The molecule has 0 radical (unpaired) electrons. The molecule has 0 aliphatic carbocycles. The van der Waals surface area contributed by atoms with Gasteiger partial charge in [0.15, 0.2) is 6.10 Å². The van der Waals surface area contributed by atoms with Crippen molar-refractivity contribution in [3.8, 4) is 0 Å². The first-order valence-corrected chi connectivity index (χ1v) is 29.4. The van der Waals surface area contributed by atoms with E-state index in [2.05, 4.69) is 93.7 Å². The van der Waals surface area contributed by atoms with E-state index in [4.69, 9.17) is 14.2 Å². The Hall–Kier alpha value is -3.15. The molecule has 0 aliphatic rings. The number of carbonyl (C=O) groups excluding carboxylic acids is 3. The molecule has 6 heteroatoms. The summed E-state index contributed by atoms with van der Waals surface area (Å²) in [6.07, 6.45) is 73.1. The summed E-state index contributed by atoms with van der Waals surface area (Å²) >= 11 is 0. The number of carbonyl (C=O) groups is 3. The Balaban J connectivity index is 4.39. The maximum atomic E-state index is 12.9. The second-order valence-corrected chi connectivity index (χ2v) is 19.5. The molecular weight excluding hydrogens is 853 g/mol. The van der Waals surface area contributed by atoms with Crippen LogP contribution in [-0.2, 0) is 28.6 Å². The Labute approximate surface area is 427 Å².